The van der Waals surface area contributed by atoms with Crippen LogP contribution in [0, 0.1) is 11.7 Å². The van der Waals surface area contributed by atoms with Gasteiger partial charge in [-0.3, -0.25) is 20.4 Å². The summed E-state index contributed by atoms with van der Waals surface area (Å²) in [4.78, 5) is 26.1. The molecule has 1 aromatic heterocycles. The fourth-order valence-corrected chi connectivity index (χ4v) is 4.16. The van der Waals surface area contributed by atoms with Crippen LogP contribution < -0.4 is 15.6 Å². The van der Waals surface area contributed by atoms with Crippen LogP contribution in [0.15, 0.2) is 24.3 Å². The van der Waals surface area contributed by atoms with E-state index < -0.39 is 11.7 Å². The van der Waals surface area contributed by atoms with Crippen molar-refractivity contribution in [2.24, 2.45) is 5.92 Å². The number of hydrogen-bond acceptors (Lipinski definition) is 4. The zero-order chi connectivity index (χ0) is 18.7. The van der Waals surface area contributed by atoms with Crippen LogP contribution >= 0.6 is 11.3 Å². The Hall–Kier alpha value is -2.41. The highest BCUT2D eigenvalue weighted by Crippen LogP contribution is 2.32. The van der Waals surface area contributed by atoms with Crippen LogP contribution in [0.5, 0.6) is 5.75 Å². The molecule has 0 aliphatic heterocycles. The first-order chi connectivity index (χ1) is 12.5. The maximum atomic E-state index is 13.7. The minimum atomic E-state index is -0.528. The first-order valence-corrected chi connectivity index (χ1v) is 9.31. The highest BCUT2D eigenvalue weighted by Gasteiger charge is 2.21. The summed E-state index contributed by atoms with van der Waals surface area (Å²) >= 11 is 1.48. The van der Waals surface area contributed by atoms with Gasteiger partial charge in [-0.25, -0.2) is 4.39 Å². The molecule has 1 aromatic carbocycles. The van der Waals surface area contributed by atoms with E-state index in [1.165, 1.54) is 41.0 Å². The summed E-state index contributed by atoms with van der Waals surface area (Å²) in [5.74, 6) is -0.513. The average molecular weight is 376 g/mol. The molecular formula is C19H21FN2O3S. The van der Waals surface area contributed by atoms with Crippen LogP contribution in [0.1, 0.15) is 39.0 Å². The normalized spacial score (nSPS) is 15.9. The minimum Gasteiger partial charge on any atom is -0.494 e. The van der Waals surface area contributed by atoms with E-state index in [0.717, 1.165) is 19.3 Å². The van der Waals surface area contributed by atoms with Crippen molar-refractivity contribution in [2.75, 3.05) is 7.11 Å². The van der Waals surface area contributed by atoms with Crippen molar-refractivity contribution < 1.29 is 18.7 Å². The first-order valence-electron chi connectivity index (χ1n) is 8.49. The number of aryl methyl sites for hydroxylation is 1. The highest BCUT2D eigenvalue weighted by molar-refractivity contribution is 7.14. The highest BCUT2D eigenvalue weighted by atomic mass is 32.1. The van der Waals surface area contributed by atoms with Crippen molar-refractivity contribution in [3.63, 3.8) is 0 Å². The molecule has 3 rings (SSSR count). The number of hydrazine groups is 1. The van der Waals surface area contributed by atoms with E-state index in [-0.39, 0.29) is 18.1 Å². The molecule has 1 atom stereocenters. The van der Waals surface area contributed by atoms with Crippen LogP contribution in [-0.2, 0) is 24.1 Å². The third-order valence-corrected chi connectivity index (χ3v) is 5.69. The van der Waals surface area contributed by atoms with E-state index in [0.29, 0.717) is 16.4 Å². The molecule has 0 bridgehead atoms. The van der Waals surface area contributed by atoms with Gasteiger partial charge < -0.3 is 4.74 Å². The number of thiophene rings is 1. The van der Waals surface area contributed by atoms with E-state index in [1.807, 2.05) is 6.07 Å². The van der Waals surface area contributed by atoms with E-state index in [2.05, 4.69) is 17.8 Å². The molecule has 7 heteroatoms. The Labute approximate surface area is 155 Å². The van der Waals surface area contributed by atoms with E-state index >= 15 is 0 Å². The quantitative estimate of drug-likeness (QED) is 0.806. The number of ether oxygens (including phenoxy) is 1. The van der Waals surface area contributed by atoms with Gasteiger partial charge in [-0.2, -0.15) is 0 Å². The van der Waals surface area contributed by atoms with Gasteiger partial charge in [-0.1, -0.05) is 13.0 Å². The molecule has 138 valence electrons. The van der Waals surface area contributed by atoms with Gasteiger partial charge in [-0.15, -0.1) is 11.3 Å². The molecular weight excluding hydrogens is 355 g/mol. The van der Waals surface area contributed by atoms with E-state index in [1.54, 1.807) is 6.07 Å². The summed E-state index contributed by atoms with van der Waals surface area (Å²) in [7, 11) is 1.38. The molecule has 26 heavy (non-hydrogen) atoms. The topological polar surface area (TPSA) is 67.4 Å². The van der Waals surface area contributed by atoms with Gasteiger partial charge in [0.05, 0.1) is 18.4 Å². The summed E-state index contributed by atoms with van der Waals surface area (Å²) in [6.45, 7) is 2.21. The zero-order valence-electron chi connectivity index (χ0n) is 14.7. The standard InChI is InChI=1S/C19H21FN2O3S/c1-11-3-6-16-13(7-11)10-17(26-16)19(24)22-21-18(23)9-12-4-5-15(25-2)14(20)8-12/h4-5,8,10-11H,3,6-7,9H2,1-2H3,(H,21,23)(H,22,24)/t11-/m0/s1. The monoisotopic (exact) mass is 376 g/mol. The van der Waals surface area contributed by atoms with Crippen molar-refractivity contribution in [1.82, 2.24) is 10.9 Å². The molecule has 2 amide bonds. The number of carbonyl (C=O) groups is 2. The molecule has 0 spiro atoms. The molecule has 0 unspecified atom stereocenters. The Balaban J connectivity index is 1.54. The van der Waals surface area contributed by atoms with Crippen LogP contribution in [-0.4, -0.2) is 18.9 Å². The number of nitrogens with one attached hydrogen (secondary N) is 2. The summed E-state index contributed by atoms with van der Waals surface area (Å²) in [6.07, 6.45) is 3.10. The minimum absolute atomic E-state index is 0.0420. The number of fused-ring (bicyclic) bond motifs is 1. The molecule has 1 aliphatic carbocycles. The van der Waals surface area contributed by atoms with E-state index in [4.69, 9.17) is 4.74 Å². The molecule has 2 aromatic rings. The second kappa shape index (κ2) is 7.86. The Morgan fingerprint density at radius 1 is 1.31 bits per heavy atom. The molecule has 1 aliphatic rings. The Morgan fingerprint density at radius 3 is 2.85 bits per heavy atom. The first kappa shape index (κ1) is 18.4. The number of hydrogen-bond donors (Lipinski definition) is 2. The second-order valence-corrected chi connectivity index (χ2v) is 7.69. The van der Waals surface area contributed by atoms with Crippen LogP contribution in [0.4, 0.5) is 4.39 Å². The molecule has 1 heterocycles. The third-order valence-electron chi connectivity index (χ3n) is 4.45. The van der Waals surface area contributed by atoms with Gasteiger partial charge in [-0.05, 0) is 54.5 Å². The van der Waals surface area contributed by atoms with Gasteiger partial charge in [0.1, 0.15) is 0 Å². The number of benzene rings is 1. The predicted octanol–water partition coefficient (Wildman–Crippen LogP) is 3.02. The molecule has 0 radical (unpaired) electrons. The number of halogens is 1. The van der Waals surface area contributed by atoms with Crippen LogP contribution in [0.25, 0.3) is 0 Å². The molecule has 0 saturated carbocycles. The van der Waals surface area contributed by atoms with E-state index in [9.17, 15) is 14.0 Å². The third kappa shape index (κ3) is 4.22. The molecule has 0 saturated heterocycles. The Bertz CT molecular complexity index is 834. The average Bonchev–Trinajstić information content (AvgIpc) is 3.03. The maximum absolute atomic E-state index is 13.7. The lowest BCUT2D eigenvalue weighted by Crippen LogP contribution is -2.42. The molecule has 5 nitrogen and oxygen atoms in total. The smallest absolute Gasteiger partial charge is 0.279 e. The lowest BCUT2D eigenvalue weighted by Gasteiger charge is -2.16. The summed E-state index contributed by atoms with van der Waals surface area (Å²) in [5.41, 5.74) is 6.54. The fraction of sp³-hybridized carbons (Fsp3) is 0.368. The molecule has 0 fully saturated rings. The molecule has 2 N–H and O–H groups in total. The largest absolute Gasteiger partial charge is 0.494 e. The lowest BCUT2D eigenvalue weighted by atomic mass is 9.90. The second-order valence-electron chi connectivity index (χ2n) is 6.56. The fourth-order valence-electron chi connectivity index (χ4n) is 3.06. The Morgan fingerprint density at radius 2 is 2.12 bits per heavy atom. The Kier molecular flexibility index (Phi) is 5.56. The number of amides is 2. The number of carbonyl (C=O) groups excluding carboxylic acids is 2. The van der Waals surface area contributed by atoms with Gasteiger partial charge in [0.25, 0.3) is 5.91 Å². The van der Waals surface area contributed by atoms with Crippen molar-refractivity contribution in [3.8, 4) is 5.75 Å². The van der Waals surface area contributed by atoms with Gasteiger partial charge in [0.15, 0.2) is 11.6 Å². The van der Waals surface area contributed by atoms with Crippen molar-refractivity contribution in [1.29, 1.82) is 0 Å². The number of methoxy groups -OCH3 is 1. The van der Waals surface area contributed by atoms with Crippen LogP contribution in [0.3, 0.4) is 0 Å². The van der Waals surface area contributed by atoms with Crippen molar-refractivity contribution in [2.45, 2.75) is 32.6 Å². The van der Waals surface area contributed by atoms with Crippen LogP contribution in [0.2, 0.25) is 0 Å². The van der Waals surface area contributed by atoms with Gasteiger partial charge >= 0.3 is 0 Å². The van der Waals surface area contributed by atoms with Gasteiger partial charge in [0.2, 0.25) is 5.91 Å². The van der Waals surface area contributed by atoms with Gasteiger partial charge in [0, 0.05) is 4.88 Å². The zero-order valence-corrected chi connectivity index (χ0v) is 15.5. The van der Waals surface area contributed by atoms with Crippen molar-refractivity contribution in [3.05, 3.63) is 51.0 Å². The lowest BCUT2D eigenvalue weighted by molar-refractivity contribution is -0.121. The predicted molar refractivity (Wildman–Crippen MR) is 97.8 cm³/mol. The number of rotatable bonds is 4. The summed E-state index contributed by atoms with van der Waals surface area (Å²) in [6, 6.07) is 6.23. The summed E-state index contributed by atoms with van der Waals surface area (Å²) in [5, 5.41) is 0. The summed E-state index contributed by atoms with van der Waals surface area (Å²) < 4.78 is 18.5. The maximum Gasteiger partial charge on any atom is 0.279 e. The van der Waals surface area contributed by atoms with Crippen molar-refractivity contribution >= 4 is 23.2 Å². The SMILES string of the molecule is COc1ccc(CC(=O)NNC(=O)c2cc3c(s2)CC[C@H](C)C3)cc1F.